The summed E-state index contributed by atoms with van der Waals surface area (Å²) in [6.07, 6.45) is 0. The maximum atomic E-state index is 12.5. The number of ether oxygens (including phenoxy) is 1. The molecule has 0 atom stereocenters. The van der Waals surface area contributed by atoms with Crippen molar-refractivity contribution in [1.82, 2.24) is 4.98 Å². The number of halogens is 1. The van der Waals surface area contributed by atoms with E-state index >= 15 is 0 Å². The number of rotatable bonds is 6. The number of thiazole rings is 1. The minimum absolute atomic E-state index is 0.0242. The Hall–Kier alpha value is -2.62. The van der Waals surface area contributed by atoms with Gasteiger partial charge < -0.3 is 9.64 Å². The lowest BCUT2D eigenvalue weighted by Gasteiger charge is -2.28. The van der Waals surface area contributed by atoms with Gasteiger partial charge in [0.1, 0.15) is 5.75 Å². The number of aromatic nitrogens is 1. The van der Waals surface area contributed by atoms with E-state index in [9.17, 15) is 13.2 Å². The third-order valence-corrected chi connectivity index (χ3v) is 6.89. The average molecular weight is 464 g/mol. The van der Waals surface area contributed by atoms with Gasteiger partial charge in [0.25, 0.3) is 5.91 Å². The Morgan fingerprint density at radius 2 is 2.00 bits per heavy atom. The van der Waals surface area contributed by atoms with Gasteiger partial charge in [0.15, 0.2) is 11.7 Å². The quantitative estimate of drug-likeness (QED) is 0.593. The van der Waals surface area contributed by atoms with Crippen molar-refractivity contribution in [1.29, 1.82) is 0 Å². The SMILES string of the molecule is CCN1C(=O)COc2ccc(-c3csc(NS(=O)(=O)Cc4ccc(Cl)cc4)n3)cc21. The Kier molecular flexibility index (Phi) is 5.68. The first kappa shape index (κ1) is 20.6. The summed E-state index contributed by atoms with van der Waals surface area (Å²) in [5.74, 6) is 0.360. The second-order valence-electron chi connectivity index (χ2n) is 6.63. The van der Waals surface area contributed by atoms with Gasteiger partial charge >= 0.3 is 0 Å². The number of sulfonamides is 1. The first-order chi connectivity index (χ1) is 14.3. The van der Waals surface area contributed by atoms with E-state index in [1.807, 2.05) is 19.1 Å². The van der Waals surface area contributed by atoms with Crippen molar-refractivity contribution in [3.05, 3.63) is 58.4 Å². The monoisotopic (exact) mass is 463 g/mol. The molecule has 0 bridgehead atoms. The molecule has 0 unspecified atom stereocenters. The minimum atomic E-state index is -3.62. The zero-order chi connectivity index (χ0) is 21.3. The molecule has 1 amide bonds. The number of carbonyl (C=O) groups is 1. The van der Waals surface area contributed by atoms with Gasteiger partial charge in [-0.05, 0) is 42.8 Å². The molecule has 7 nitrogen and oxygen atoms in total. The zero-order valence-electron chi connectivity index (χ0n) is 16.0. The highest BCUT2D eigenvalue weighted by molar-refractivity contribution is 7.92. The van der Waals surface area contributed by atoms with Crippen LogP contribution in [-0.4, -0.2) is 32.5 Å². The molecule has 10 heteroatoms. The minimum Gasteiger partial charge on any atom is -0.482 e. The molecule has 0 fully saturated rings. The fourth-order valence-corrected chi connectivity index (χ4v) is 5.41. The van der Waals surface area contributed by atoms with E-state index in [0.717, 1.165) is 5.56 Å². The van der Waals surface area contributed by atoms with Crippen molar-refractivity contribution in [2.45, 2.75) is 12.7 Å². The van der Waals surface area contributed by atoms with Gasteiger partial charge in [-0.25, -0.2) is 13.4 Å². The number of likely N-dealkylation sites (N-methyl/N-ethyl adjacent to an activating group) is 1. The topological polar surface area (TPSA) is 88.6 Å². The summed E-state index contributed by atoms with van der Waals surface area (Å²) in [5, 5.41) is 2.59. The van der Waals surface area contributed by atoms with Crippen molar-refractivity contribution in [2.24, 2.45) is 0 Å². The first-order valence-electron chi connectivity index (χ1n) is 9.12. The number of hydrogen-bond donors (Lipinski definition) is 1. The predicted octanol–water partition coefficient (Wildman–Crippen LogP) is 4.15. The van der Waals surface area contributed by atoms with Gasteiger partial charge in [-0.3, -0.25) is 9.52 Å². The molecule has 0 spiro atoms. The Bertz CT molecular complexity index is 1190. The van der Waals surface area contributed by atoms with Crippen molar-refractivity contribution in [3.63, 3.8) is 0 Å². The summed E-state index contributed by atoms with van der Waals surface area (Å²) in [6.45, 7) is 2.46. The van der Waals surface area contributed by atoms with Crippen LogP contribution in [0.4, 0.5) is 10.8 Å². The van der Waals surface area contributed by atoms with Crippen molar-refractivity contribution < 1.29 is 17.9 Å². The van der Waals surface area contributed by atoms with E-state index in [0.29, 0.717) is 34.3 Å². The molecule has 156 valence electrons. The average Bonchev–Trinajstić information content (AvgIpc) is 3.16. The third-order valence-electron chi connectivity index (χ3n) is 4.53. The van der Waals surface area contributed by atoms with Crippen LogP contribution in [0, 0.1) is 0 Å². The number of amides is 1. The highest BCUT2D eigenvalue weighted by Gasteiger charge is 2.25. The fourth-order valence-electron chi connectivity index (χ4n) is 3.13. The molecule has 4 rings (SSSR count). The maximum Gasteiger partial charge on any atom is 0.265 e. The van der Waals surface area contributed by atoms with Crippen LogP contribution in [-0.2, 0) is 20.6 Å². The summed E-state index contributed by atoms with van der Waals surface area (Å²) < 4.78 is 32.9. The normalized spacial score (nSPS) is 13.7. The Labute approximate surface area is 183 Å². The maximum absolute atomic E-state index is 12.5. The van der Waals surface area contributed by atoms with Crippen LogP contribution in [0.15, 0.2) is 47.8 Å². The zero-order valence-corrected chi connectivity index (χ0v) is 18.4. The molecule has 0 saturated carbocycles. The molecular formula is C20H18ClN3O4S2. The molecule has 1 aromatic heterocycles. The molecule has 0 radical (unpaired) electrons. The molecule has 2 aromatic carbocycles. The first-order valence-corrected chi connectivity index (χ1v) is 12.0. The van der Waals surface area contributed by atoms with Gasteiger partial charge in [-0.2, -0.15) is 0 Å². The number of carbonyl (C=O) groups excluding carboxylic acids is 1. The number of fused-ring (bicyclic) bond motifs is 1. The number of hydrogen-bond acceptors (Lipinski definition) is 6. The van der Waals surface area contributed by atoms with E-state index in [2.05, 4.69) is 9.71 Å². The van der Waals surface area contributed by atoms with Crippen molar-refractivity contribution >= 4 is 49.7 Å². The Morgan fingerprint density at radius 3 is 2.73 bits per heavy atom. The second kappa shape index (κ2) is 8.25. The molecular weight excluding hydrogens is 446 g/mol. The van der Waals surface area contributed by atoms with Crippen LogP contribution in [0.2, 0.25) is 5.02 Å². The standard InChI is InChI=1S/C20H18ClN3O4S2/c1-2-24-17-9-14(5-8-18(17)28-10-19(24)25)16-11-29-20(22-16)23-30(26,27)12-13-3-6-15(21)7-4-13/h3-9,11H,2,10,12H2,1H3,(H,22,23). The molecule has 3 aromatic rings. The summed E-state index contributed by atoms with van der Waals surface area (Å²) in [4.78, 5) is 18.1. The highest BCUT2D eigenvalue weighted by Crippen LogP contribution is 2.36. The van der Waals surface area contributed by atoms with Crippen LogP contribution in [0.3, 0.4) is 0 Å². The highest BCUT2D eigenvalue weighted by atomic mass is 35.5. The molecule has 1 N–H and O–H groups in total. The van der Waals surface area contributed by atoms with Crippen LogP contribution < -0.4 is 14.4 Å². The van der Waals surface area contributed by atoms with Crippen LogP contribution in [0.1, 0.15) is 12.5 Å². The molecule has 1 aliphatic heterocycles. The van der Waals surface area contributed by atoms with Crippen LogP contribution >= 0.6 is 22.9 Å². The lowest BCUT2D eigenvalue weighted by Crippen LogP contribution is -2.38. The van der Waals surface area contributed by atoms with E-state index in [4.69, 9.17) is 16.3 Å². The van der Waals surface area contributed by atoms with Gasteiger partial charge in [0.2, 0.25) is 10.0 Å². The van der Waals surface area contributed by atoms with Crippen LogP contribution in [0.25, 0.3) is 11.3 Å². The number of anilines is 2. The van der Waals surface area contributed by atoms with Gasteiger partial charge in [0.05, 0.1) is 17.1 Å². The van der Waals surface area contributed by atoms with E-state index in [1.54, 1.807) is 40.6 Å². The summed E-state index contributed by atoms with van der Waals surface area (Å²) in [5.41, 5.74) is 2.69. The largest absolute Gasteiger partial charge is 0.482 e. The number of nitrogens with zero attached hydrogens (tertiary/aromatic N) is 2. The summed E-state index contributed by atoms with van der Waals surface area (Å²) >= 11 is 7.04. The van der Waals surface area contributed by atoms with Gasteiger partial charge in [-0.15, -0.1) is 11.3 Å². The van der Waals surface area contributed by atoms with Gasteiger partial charge in [-0.1, -0.05) is 23.7 Å². The summed E-state index contributed by atoms with van der Waals surface area (Å²) in [6, 6.07) is 12.1. The smallest absolute Gasteiger partial charge is 0.265 e. The Morgan fingerprint density at radius 1 is 1.23 bits per heavy atom. The van der Waals surface area contributed by atoms with E-state index < -0.39 is 10.0 Å². The molecule has 2 heterocycles. The third kappa shape index (κ3) is 4.43. The number of benzene rings is 2. The van der Waals surface area contributed by atoms with Crippen LogP contribution in [0.5, 0.6) is 5.75 Å². The lowest BCUT2D eigenvalue weighted by molar-refractivity contribution is -0.121. The Balaban J connectivity index is 1.54. The molecule has 1 aliphatic rings. The second-order valence-corrected chi connectivity index (χ2v) is 9.65. The number of nitrogens with one attached hydrogen (secondary N) is 1. The van der Waals surface area contributed by atoms with E-state index in [1.165, 1.54) is 11.3 Å². The fraction of sp³-hybridized carbons (Fsp3) is 0.200. The van der Waals surface area contributed by atoms with Crippen molar-refractivity contribution in [3.8, 4) is 17.0 Å². The van der Waals surface area contributed by atoms with E-state index in [-0.39, 0.29) is 23.4 Å². The molecule has 0 saturated heterocycles. The summed E-state index contributed by atoms with van der Waals surface area (Å²) in [7, 11) is -3.62. The molecule has 0 aliphatic carbocycles. The van der Waals surface area contributed by atoms with Crippen molar-refractivity contribution in [2.75, 3.05) is 22.8 Å². The lowest BCUT2D eigenvalue weighted by atomic mass is 10.1. The predicted molar refractivity (Wildman–Crippen MR) is 119 cm³/mol. The van der Waals surface area contributed by atoms with Gasteiger partial charge in [0, 0.05) is 22.5 Å². The molecule has 30 heavy (non-hydrogen) atoms.